The highest BCUT2D eigenvalue weighted by atomic mass is 19.1. The molecule has 2 N–H and O–H groups in total. The molecule has 0 spiro atoms. The number of rotatable bonds is 3. The quantitative estimate of drug-likeness (QED) is 0.763. The van der Waals surface area contributed by atoms with E-state index < -0.39 is 6.04 Å². The van der Waals surface area contributed by atoms with Crippen molar-refractivity contribution in [1.29, 1.82) is 0 Å². The first-order chi connectivity index (χ1) is 6.09. The van der Waals surface area contributed by atoms with Crippen LogP contribution in [0.4, 0.5) is 4.39 Å². The molecule has 2 nitrogen and oxygen atoms in total. The molecule has 0 unspecified atom stereocenters. The minimum Gasteiger partial charge on any atom is -0.321 e. The zero-order chi connectivity index (χ0) is 9.84. The highest BCUT2D eigenvalue weighted by molar-refractivity contribution is 5.81. The summed E-state index contributed by atoms with van der Waals surface area (Å²) in [6.07, 6.45) is 0.468. The standard InChI is InChI=1S/C10H12FNO/c1-7(13)10(12)6-8-2-4-9(11)5-3-8/h2-5,10H,6,12H2,1H3/t10-/m0/s1. The van der Waals surface area contributed by atoms with Crippen LogP contribution in [0.3, 0.4) is 0 Å². The van der Waals surface area contributed by atoms with Crippen LogP contribution >= 0.6 is 0 Å². The minimum absolute atomic E-state index is 0.0516. The van der Waals surface area contributed by atoms with Gasteiger partial charge in [-0.3, -0.25) is 4.79 Å². The molecule has 70 valence electrons. The van der Waals surface area contributed by atoms with Gasteiger partial charge >= 0.3 is 0 Å². The summed E-state index contributed by atoms with van der Waals surface area (Å²) in [6.45, 7) is 1.45. The third-order valence-electron chi connectivity index (χ3n) is 1.89. The first-order valence-corrected chi connectivity index (χ1v) is 4.10. The van der Waals surface area contributed by atoms with Gasteiger partial charge < -0.3 is 5.73 Å². The van der Waals surface area contributed by atoms with Crippen molar-refractivity contribution < 1.29 is 9.18 Å². The average Bonchev–Trinajstić information content (AvgIpc) is 2.08. The number of ketones is 1. The van der Waals surface area contributed by atoms with Gasteiger partial charge in [0.2, 0.25) is 0 Å². The van der Waals surface area contributed by atoms with Gasteiger partial charge in [0.1, 0.15) is 11.6 Å². The number of nitrogens with two attached hydrogens (primary N) is 1. The van der Waals surface area contributed by atoms with Crippen molar-refractivity contribution in [2.24, 2.45) is 5.73 Å². The fourth-order valence-corrected chi connectivity index (χ4v) is 1.02. The molecule has 0 bridgehead atoms. The lowest BCUT2D eigenvalue weighted by Crippen LogP contribution is -2.30. The van der Waals surface area contributed by atoms with Crippen LogP contribution in [0.2, 0.25) is 0 Å². The Morgan fingerprint density at radius 1 is 1.46 bits per heavy atom. The van der Waals surface area contributed by atoms with E-state index in [-0.39, 0.29) is 11.6 Å². The molecule has 0 heterocycles. The van der Waals surface area contributed by atoms with Crippen molar-refractivity contribution in [3.8, 4) is 0 Å². The predicted octanol–water partition coefficient (Wildman–Crippen LogP) is 1.28. The van der Waals surface area contributed by atoms with E-state index >= 15 is 0 Å². The molecular weight excluding hydrogens is 169 g/mol. The van der Waals surface area contributed by atoms with Crippen molar-refractivity contribution in [1.82, 2.24) is 0 Å². The number of hydrogen-bond acceptors (Lipinski definition) is 2. The van der Waals surface area contributed by atoms with E-state index in [0.29, 0.717) is 6.42 Å². The maximum Gasteiger partial charge on any atom is 0.146 e. The predicted molar refractivity (Wildman–Crippen MR) is 48.8 cm³/mol. The van der Waals surface area contributed by atoms with Crippen LogP contribution in [-0.4, -0.2) is 11.8 Å². The summed E-state index contributed by atoms with van der Waals surface area (Å²) in [5, 5.41) is 0. The molecule has 0 aliphatic rings. The lowest BCUT2D eigenvalue weighted by atomic mass is 10.0. The number of hydrogen-bond donors (Lipinski definition) is 1. The zero-order valence-electron chi connectivity index (χ0n) is 7.46. The van der Waals surface area contributed by atoms with E-state index in [9.17, 15) is 9.18 Å². The van der Waals surface area contributed by atoms with E-state index in [1.54, 1.807) is 12.1 Å². The van der Waals surface area contributed by atoms with Crippen LogP contribution in [-0.2, 0) is 11.2 Å². The second-order valence-corrected chi connectivity index (χ2v) is 3.05. The monoisotopic (exact) mass is 181 g/mol. The van der Waals surface area contributed by atoms with E-state index in [2.05, 4.69) is 0 Å². The van der Waals surface area contributed by atoms with Crippen LogP contribution in [0.25, 0.3) is 0 Å². The van der Waals surface area contributed by atoms with Crippen molar-refractivity contribution in [2.75, 3.05) is 0 Å². The number of carbonyl (C=O) groups excluding carboxylic acids is 1. The van der Waals surface area contributed by atoms with Crippen LogP contribution < -0.4 is 5.73 Å². The molecule has 0 aliphatic heterocycles. The normalized spacial score (nSPS) is 12.5. The fraction of sp³-hybridized carbons (Fsp3) is 0.300. The molecule has 0 saturated carbocycles. The number of halogens is 1. The lowest BCUT2D eigenvalue weighted by molar-refractivity contribution is -0.118. The largest absolute Gasteiger partial charge is 0.321 e. The van der Waals surface area contributed by atoms with Gasteiger partial charge in [0.15, 0.2) is 0 Å². The van der Waals surface area contributed by atoms with Gasteiger partial charge in [-0.2, -0.15) is 0 Å². The number of carbonyl (C=O) groups is 1. The first kappa shape index (κ1) is 9.86. The summed E-state index contributed by atoms with van der Waals surface area (Å²) >= 11 is 0. The summed E-state index contributed by atoms with van der Waals surface area (Å²) in [5.41, 5.74) is 6.42. The molecule has 3 heteroatoms. The van der Waals surface area contributed by atoms with Crippen molar-refractivity contribution in [3.05, 3.63) is 35.6 Å². The number of benzene rings is 1. The van der Waals surface area contributed by atoms with Gasteiger partial charge in [0, 0.05) is 0 Å². The summed E-state index contributed by atoms with van der Waals surface area (Å²) in [7, 11) is 0. The van der Waals surface area contributed by atoms with Gasteiger partial charge in [0.25, 0.3) is 0 Å². The Bertz CT molecular complexity index is 294. The van der Waals surface area contributed by atoms with Crippen LogP contribution in [0.5, 0.6) is 0 Å². The fourth-order valence-electron chi connectivity index (χ4n) is 1.02. The minimum atomic E-state index is -0.481. The Kier molecular flexibility index (Phi) is 3.14. The molecule has 0 radical (unpaired) electrons. The Morgan fingerprint density at radius 2 is 2.00 bits per heavy atom. The van der Waals surface area contributed by atoms with E-state index in [1.165, 1.54) is 19.1 Å². The summed E-state index contributed by atoms with van der Waals surface area (Å²) < 4.78 is 12.5. The Balaban J connectivity index is 2.64. The zero-order valence-corrected chi connectivity index (χ0v) is 7.46. The average molecular weight is 181 g/mol. The third-order valence-corrected chi connectivity index (χ3v) is 1.89. The molecule has 1 rings (SSSR count). The second-order valence-electron chi connectivity index (χ2n) is 3.05. The Labute approximate surface area is 76.6 Å². The van der Waals surface area contributed by atoms with Gasteiger partial charge in [0.05, 0.1) is 6.04 Å². The molecular formula is C10H12FNO. The van der Waals surface area contributed by atoms with Gasteiger partial charge in [-0.25, -0.2) is 4.39 Å². The highest BCUT2D eigenvalue weighted by Crippen LogP contribution is 2.05. The topological polar surface area (TPSA) is 43.1 Å². The van der Waals surface area contributed by atoms with E-state index in [4.69, 9.17) is 5.73 Å². The van der Waals surface area contributed by atoms with Crippen molar-refractivity contribution in [2.45, 2.75) is 19.4 Å². The van der Waals surface area contributed by atoms with E-state index in [0.717, 1.165) is 5.56 Å². The SMILES string of the molecule is CC(=O)[C@@H](N)Cc1ccc(F)cc1. The maximum atomic E-state index is 12.5. The molecule has 1 aromatic carbocycles. The smallest absolute Gasteiger partial charge is 0.146 e. The molecule has 0 fully saturated rings. The summed E-state index contributed by atoms with van der Waals surface area (Å²) in [4.78, 5) is 10.8. The molecule has 0 amide bonds. The summed E-state index contributed by atoms with van der Waals surface area (Å²) in [5.74, 6) is -0.329. The van der Waals surface area contributed by atoms with E-state index in [1.807, 2.05) is 0 Å². The van der Waals surface area contributed by atoms with Crippen LogP contribution in [0.15, 0.2) is 24.3 Å². The van der Waals surface area contributed by atoms with Gasteiger partial charge in [-0.05, 0) is 31.0 Å². The Morgan fingerprint density at radius 3 is 2.46 bits per heavy atom. The van der Waals surface area contributed by atoms with Gasteiger partial charge in [-0.15, -0.1) is 0 Å². The summed E-state index contributed by atoms with van der Waals surface area (Å²) in [6, 6.07) is 5.52. The van der Waals surface area contributed by atoms with Crippen LogP contribution in [0, 0.1) is 5.82 Å². The first-order valence-electron chi connectivity index (χ1n) is 4.10. The molecule has 1 aromatic rings. The molecule has 13 heavy (non-hydrogen) atoms. The maximum absolute atomic E-state index is 12.5. The Hall–Kier alpha value is -1.22. The number of Topliss-reactive ketones (excluding diaryl/α,β-unsaturated/α-hetero) is 1. The molecule has 1 atom stereocenters. The van der Waals surface area contributed by atoms with Crippen molar-refractivity contribution in [3.63, 3.8) is 0 Å². The molecule has 0 aliphatic carbocycles. The molecule has 0 saturated heterocycles. The second kappa shape index (κ2) is 4.14. The highest BCUT2D eigenvalue weighted by Gasteiger charge is 2.08. The third kappa shape index (κ3) is 2.95. The van der Waals surface area contributed by atoms with Crippen molar-refractivity contribution >= 4 is 5.78 Å². The van der Waals surface area contributed by atoms with Gasteiger partial charge in [-0.1, -0.05) is 12.1 Å². The molecule has 0 aromatic heterocycles. The van der Waals surface area contributed by atoms with Crippen LogP contribution in [0.1, 0.15) is 12.5 Å². The lowest BCUT2D eigenvalue weighted by Gasteiger charge is -2.06.